The molecule has 2 heterocycles. The predicted molar refractivity (Wildman–Crippen MR) is 104 cm³/mol. The van der Waals surface area contributed by atoms with Gasteiger partial charge in [0.2, 0.25) is 11.9 Å². The van der Waals surface area contributed by atoms with Crippen LogP contribution in [-0.4, -0.2) is 14.8 Å². The number of nitrogens with two attached hydrogens (primary N) is 1. The van der Waals surface area contributed by atoms with Crippen molar-refractivity contribution < 1.29 is 0 Å². The molecule has 0 aliphatic carbocycles. The van der Waals surface area contributed by atoms with Crippen LogP contribution in [0.2, 0.25) is 10.0 Å². The molecule has 128 valence electrons. The van der Waals surface area contributed by atoms with Gasteiger partial charge >= 0.3 is 0 Å². The van der Waals surface area contributed by atoms with Gasteiger partial charge in [0, 0.05) is 14.5 Å². The number of nitrogens with one attached hydrogen (secondary N) is 1. The van der Waals surface area contributed by atoms with Gasteiger partial charge in [0.25, 0.3) is 0 Å². The molecule has 5 nitrogen and oxygen atoms in total. The van der Waals surface area contributed by atoms with Gasteiger partial charge in [-0.1, -0.05) is 57.3 Å². The first kappa shape index (κ1) is 16.7. The largest absolute Gasteiger partial charge is 0.366 e. The molecule has 0 saturated carbocycles. The normalized spacial score (nSPS) is 19.3. The van der Waals surface area contributed by atoms with Crippen molar-refractivity contribution >= 4 is 51.0 Å². The van der Waals surface area contributed by atoms with Gasteiger partial charge in [-0.2, -0.15) is 4.98 Å². The number of nitrogens with zero attached hydrogens (tertiary/aromatic N) is 3. The molecule has 25 heavy (non-hydrogen) atoms. The van der Waals surface area contributed by atoms with E-state index in [0.29, 0.717) is 16.0 Å². The average molecular weight is 439 g/mol. The van der Waals surface area contributed by atoms with Gasteiger partial charge in [0.15, 0.2) is 0 Å². The first-order valence-electron chi connectivity index (χ1n) is 7.70. The van der Waals surface area contributed by atoms with E-state index < -0.39 is 0 Å². The van der Waals surface area contributed by atoms with Crippen molar-refractivity contribution in [1.82, 2.24) is 14.8 Å². The lowest BCUT2D eigenvalue weighted by atomic mass is 9.93. The topological polar surface area (TPSA) is 68.8 Å². The van der Waals surface area contributed by atoms with Gasteiger partial charge in [-0.3, -0.25) is 0 Å². The van der Waals surface area contributed by atoms with Crippen LogP contribution in [0.15, 0.2) is 46.9 Å². The van der Waals surface area contributed by atoms with E-state index in [9.17, 15) is 0 Å². The Bertz CT molecular complexity index is 943. The molecule has 1 aliphatic rings. The maximum absolute atomic E-state index is 6.41. The molecule has 0 bridgehead atoms. The fourth-order valence-corrected chi connectivity index (χ4v) is 4.13. The minimum atomic E-state index is -0.0233. The highest BCUT2D eigenvalue weighted by Crippen LogP contribution is 2.40. The summed E-state index contributed by atoms with van der Waals surface area (Å²) in [7, 11) is 0. The number of fused-ring (bicyclic) bond motifs is 1. The monoisotopic (exact) mass is 437 g/mol. The number of hydrogen-bond acceptors (Lipinski definition) is 4. The third-order valence-electron chi connectivity index (χ3n) is 4.28. The van der Waals surface area contributed by atoms with Crippen LogP contribution < -0.4 is 11.1 Å². The third kappa shape index (κ3) is 3.21. The fraction of sp³-hybridized carbons (Fsp3) is 0.176. The Balaban J connectivity index is 1.78. The SMILES string of the molecule is Nc1nc2n(n1)[C@H](c1cccc(Br)c1)C[C@@H](c1ccc(Cl)cc1Cl)N2. The molecule has 3 N–H and O–H groups in total. The van der Waals surface area contributed by atoms with Crippen molar-refractivity contribution in [2.24, 2.45) is 0 Å². The molecule has 0 fully saturated rings. The molecule has 2 aromatic carbocycles. The summed E-state index contributed by atoms with van der Waals surface area (Å²) in [6.07, 6.45) is 0.758. The standard InChI is InChI=1S/C17H14BrCl2N5/c18-10-3-1-2-9(6-10)15-8-14(12-5-4-11(19)7-13(12)20)22-17-23-16(21)24-25(15)17/h1-7,14-15H,8H2,(H3,21,22,23,24)/t14-,15-/m0/s1. The molecule has 0 amide bonds. The second-order valence-corrected chi connectivity index (χ2v) is 7.67. The molecular weight excluding hydrogens is 425 g/mol. The van der Waals surface area contributed by atoms with Crippen LogP contribution in [0.5, 0.6) is 0 Å². The van der Waals surface area contributed by atoms with Crippen LogP contribution in [0.4, 0.5) is 11.9 Å². The highest BCUT2D eigenvalue weighted by Gasteiger charge is 2.31. The molecule has 2 atom stereocenters. The van der Waals surface area contributed by atoms with Crippen LogP contribution >= 0.6 is 39.1 Å². The van der Waals surface area contributed by atoms with E-state index in [0.717, 1.165) is 22.0 Å². The van der Waals surface area contributed by atoms with E-state index in [4.69, 9.17) is 28.9 Å². The van der Waals surface area contributed by atoms with Crippen molar-refractivity contribution in [3.8, 4) is 0 Å². The highest BCUT2D eigenvalue weighted by molar-refractivity contribution is 9.10. The van der Waals surface area contributed by atoms with Crippen LogP contribution in [0.3, 0.4) is 0 Å². The van der Waals surface area contributed by atoms with Gasteiger partial charge in [0.05, 0.1) is 12.1 Å². The molecule has 1 aromatic heterocycles. The number of aromatic nitrogens is 3. The molecule has 0 spiro atoms. The Morgan fingerprint density at radius 3 is 2.80 bits per heavy atom. The summed E-state index contributed by atoms with van der Waals surface area (Å²) >= 11 is 16.0. The zero-order valence-electron chi connectivity index (χ0n) is 13.0. The second kappa shape index (κ2) is 6.52. The summed E-state index contributed by atoms with van der Waals surface area (Å²) in [6.45, 7) is 0. The maximum atomic E-state index is 6.41. The fourth-order valence-electron chi connectivity index (χ4n) is 3.17. The van der Waals surface area contributed by atoms with E-state index >= 15 is 0 Å². The summed E-state index contributed by atoms with van der Waals surface area (Å²) in [6, 6.07) is 13.7. The molecule has 1 aliphatic heterocycles. The smallest absolute Gasteiger partial charge is 0.241 e. The van der Waals surface area contributed by atoms with E-state index in [-0.39, 0.29) is 18.0 Å². The third-order valence-corrected chi connectivity index (χ3v) is 5.33. The van der Waals surface area contributed by atoms with E-state index in [1.165, 1.54) is 0 Å². The Labute approximate surface area is 163 Å². The van der Waals surface area contributed by atoms with Crippen LogP contribution in [0.25, 0.3) is 0 Å². The summed E-state index contributed by atoms with van der Waals surface area (Å²) in [5, 5.41) is 8.97. The van der Waals surface area contributed by atoms with E-state index in [2.05, 4.69) is 43.5 Å². The first-order chi connectivity index (χ1) is 12.0. The van der Waals surface area contributed by atoms with Gasteiger partial charge in [0.1, 0.15) is 0 Å². The van der Waals surface area contributed by atoms with Crippen LogP contribution in [0.1, 0.15) is 29.6 Å². The van der Waals surface area contributed by atoms with Crippen molar-refractivity contribution in [2.75, 3.05) is 11.1 Å². The molecule has 0 saturated heterocycles. The minimum Gasteiger partial charge on any atom is -0.366 e. The Hall–Kier alpha value is -1.76. The lowest BCUT2D eigenvalue weighted by molar-refractivity contribution is 0.431. The molecule has 0 unspecified atom stereocenters. The van der Waals surface area contributed by atoms with Gasteiger partial charge in [-0.25, -0.2) is 4.68 Å². The molecule has 0 radical (unpaired) electrons. The van der Waals surface area contributed by atoms with Crippen LogP contribution in [0, 0.1) is 0 Å². The second-order valence-electron chi connectivity index (χ2n) is 5.91. The predicted octanol–water partition coefficient (Wildman–Crippen LogP) is 5.08. The number of halogens is 3. The lowest BCUT2D eigenvalue weighted by Gasteiger charge is -2.32. The number of rotatable bonds is 2. The van der Waals surface area contributed by atoms with Crippen molar-refractivity contribution in [1.29, 1.82) is 0 Å². The Kier molecular flexibility index (Phi) is 4.35. The number of nitrogen functional groups attached to an aromatic ring is 1. The highest BCUT2D eigenvalue weighted by atomic mass is 79.9. The van der Waals surface area contributed by atoms with Crippen LogP contribution in [-0.2, 0) is 0 Å². The Morgan fingerprint density at radius 2 is 2.04 bits per heavy atom. The van der Waals surface area contributed by atoms with E-state index in [1.54, 1.807) is 6.07 Å². The summed E-state index contributed by atoms with van der Waals surface area (Å²) < 4.78 is 2.84. The molecule has 8 heteroatoms. The van der Waals surface area contributed by atoms with Gasteiger partial charge in [-0.15, -0.1) is 5.10 Å². The molecular formula is C17H14BrCl2N5. The summed E-state index contributed by atoms with van der Waals surface area (Å²) in [4.78, 5) is 4.31. The lowest BCUT2D eigenvalue weighted by Crippen LogP contribution is -2.28. The first-order valence-corrected chi connectivity index (χ1v) is 9.25. The van der Waals surface area contributed by atoms with Crippen molar-refractivity contribution in [3.05, 3.63) is 68.1 Å². The number of hydrogen-bond donors (Lipinski definition) is 2. The quantitative estimate of drug-likeness (QED) is 0.585. The van der Waals surface area contributed by atoms with Crippen molar-refractivity contribution in [2.45, 2.75) is 18.5 Å². The summed E-state index contributed by atoms with van der Waals surface area (Å²) in [5.74, 6) is 0.870. The summed E-state index contributed by atoms with van der Waals surface area (Å²) in [5.41, 5.74) is 7.92. The molecule has 3 aromatic rings. The van der Waals surface area contributed by atoms with Gasteiger partial charge < -0.3 is 11.1 Å². The number of anilines is 2. The maximum Gasteiger partial charge on any atom is 0.241 e. The number of benzene rings is 2. The minimum absolute atomic E-state index is 0.00436. The van der Waals surface area contributed by atoms with Crippen molar-refractivity contribution in [3.63, 3.8) is 0 Å². The molecule has 4 rings (SSSR count). The Morgan fingerprint density at radius 1 is 1.20 bits per heavy atom. The van der Waals surface area contributed by atoms with E-state index in [1.807, 2.05) is 28.9 Å². The zero-order chi connectivity index (χ0) is 17.6. The zero-order valence-corrected chi connectivity index (χ0v) is 16.1. The average Bonchev–Trinajstić information content (AvgIpc) is 2.94. The van der Waals surface area contributed by atoms with Gasteiger partial charge in [-0.05, 0) is 41.8 Å².